The van der Waals surface area contributed by atoms with Crippen molar-refractivity contribution in [3.63, 3.8) is 0 Å². The number of esters is 1. The van der Waals surface area contributed by atoms with Crippen LogP contribution in [0.2, 0.25) is 0 Å². The number of carbonyl (C=O) groups is 1. The van der Waals surface area contributed by atoms with Gasteiger partial charge in [-0.15, -0.1) is 0 Å². The highest BCUT2D eigenvalue weighted by Crippen LogP contribution is 2.25. The average molecular weight is 184 g/mol. The molecule has 0 amide bonds. The van der Waals surface area contributed by atoms with Crippen LogP contribution in [-0.4, -0.2) is 12.1 Å². The van der Waals surface area contributed by atoms with Crippen LogP contribution in [0.4, 0.5) is 0 Å². The number of unbranched alkanes of at least 4 members (excludes halogenated alkanes) is 2. The van der Waals surface area contributed by atoms with Crippen molar-refractivity contribution in [2.45, 2.75) is 58.5 Å². The topological polar surface area (TPSA) is 26.3 Å². The van der Waals surface area contributed by atoms with Gasteiger partial charge in [0.05, 0.1) is 5.92 Å². The first-order chi connectivity index (χ1) is 6.24. The normalized spacial score (nSPS) is 18.3. The van der Waals surface area contributed by atoms with Gasteiger partial charge in [0.25, 0.3) is 0 Å². The van der Waals surface area contributed by atoms with Crippen molar-refractivity contribution >= 4 is 5.97 Å². The summed E-state index contributed by atoms with van der Waals surface area (Å²) in [4.78, 5) is 11.4. The monoisotopic (exact) mass is 184 g/mol. The van der Waals surface area contributed by atoms with Gasteiger partial charge in [-0.25, -0.2) is 0 Å². The Hall–Kier alpha value is -0.530. The Kier molecular flexibility index (Phi) is 4.26. The summed E-state index contributed by atoms with van der Waals surface area (Å²) in [6.07, 6.45) is 6.99. The van der Waals surface area contributed by atoms with E-state index in [1.165, 1.54) is 12.8 Å². The van der Waals surface area contributed by atoms with Crippen molar-refractivity contribution in [1.29, 1.82) is 0 Å². The number of hydrogen-bond acceptors (Lipinski definition) is 2. The van der Waals surface area contributed by atoms with Gasteiger partial charge in [0.1, 0.15) is 6.10 Å². The van der Waals surface area contributed by atoms with E-state index in [0.717, 1.165) is 25.7 Å². The maximum Gasteiger partial charge on any atom is 0.308 e. The fourth-order valence-corrected chi connectivity index (χ4v) is 1.28. The maximum absolute atomic E-state index is 11.4. The zero-order chi connectivity index (χ0) is 9.68. The Bertz CT molecular complexity index is 161. The summed E-state index contributed by atoms with van der Waals surface area (Å²) in [7, 11) is 0. The lowest BCUT2D eigenvalue weighted by Crippen LogP contribution is -2.15. The molecule has 0 aromatic rings. The van der Waals surface area contributed by atoms with E-state index in [-0.39, 0.29) is 18.0 Å². The standard InChI is InChI=1S/C11H20O2/c1-3-4-5-6-9(2)11(12)13-10-7-8-10/h9-10H,3-8H2,1-2H3. The molecule has 0 saturated heterocycles. The van der Waals surface area contributed by atoms with Crippen LogP contribution < -0.4 is 0 Å². The summed E-state index contributed by atoms with van der Waals surface area (Å²) in [5.74, 6) is 0.116. The Morgan fingerprint density at radius 3 is 2.69 bits per heavy atom. The Morgan fingerprint density at radius 2 is 2.15 bits per heavy atom. The Morgan fingerprint density at radius 1 is 1.46 bits per heavy atom. The van der Waals surface area contributed by atoms with Crippen LogP contribution in [0.1, 0.15) is 52.4 Å². The van der Waals surface area contributed by atoms with Crippen molar-refractivity contribution in [1.82, 2.24) is 0 Å². The minimum absolute atomic E-state index is 0.0126. The van der Waals surface area contributed by atoms with Gasteiger partial charge >= 0.3 is 5.97 Å². The van der Waals surface area contributed by atoms with E-state index in [1.54, 1.807) is 0 Å². The van der Waals surface area contributed by atoms with Crippen molar-refractivity contribution in [2.24, 2.45) is 5.92 Å². The molecular formula is C11H20O2. The van der Waals surface area contributed by atoms with E-state index in [4.69, 9.17) is 4.74 Å². The number of rotatable bonds is 6. The zero-order valence-corrected chi connectivity index (χ0v) is 8.71. The van der Waals surface area contributed by atoms with Crippen LogP contribution in [0.3, 0.4) is 0 Å². The van der Waals surface area contributed by atoms with Gasteiger partial charge in [-0.2, -0.15) is 0 Å². The molecule has 76 valence electrons. The van der Waals surface area contributed by atoms with Gasteiger partial charge in [-0.05, 0) is 19.3 Å². The lowest BCUT2D eigenvalue weighted by Gasteiger charge is -2.09. The lowest BCUT2D eigenvalue weighted by atomic mass is 10.0. The fraction of sp³-hybridized carbons (Fsp3) is 0.909. The molecule has 1 atom stereocenters. The maximum atomic E-state index is 11.4. The second-order valence-electron chi connectivity index (χ2n) is 4.03. The van der Waals surface area contributed by atoms with Gasteiger partial charge < -0.3 is 4.74 Å². The van der Waals surface area contributed by atoms with Crippen LogP contribution in [0.5, 0.6) is 0 Å². The van der Waals surface area contributed by atoms with E-state index in [0.29, 0.717) is 0 Å². The van der Waals surface area contributed by atoms with Crippen molar-refractivity contribution in [2.75, 3.05) is 0 Å². The summed E-state index contributed by atoms with van der Waals surface area (Å²) >= 11 is 0. The molecule has 2 heteroatoms. The van der Waals surface area contributed by atoms with E-state index >= 15 is 0 Å². The van der Waals surface area contributed by atoms with E-state index in [1.807, 2.05) is 6.92 Å². The van der Waals surface area contributed by atoms with Gasteiger partial charge in [-0.1, -0.05) is 33.1 Å². The SMILES string of the molecule is CCCCCC(C)C(=O)OC1CC1. The molecule has 0 radical (unpaired) electrons. The molecule has 1 saturated carbocycles. The number of carbonyl (C=O) groups excluding carboxylic acids is 1. The van der Waals surface area contributed by atoms with Gasteiger partial charge in [0.15, 0.2) is 0 Å². The quantitative estimate of drug-likeness (QED) is 0.468. The molecule has 2 nitrogen and oxygen atoms in total. The van der Waals surface area contributed by atoms with Crippen LogP contribution in [0.25, 0.3) is 0 Å². The lowest BCUT2D eigenvalue weighted by molar-refractivity contribution is -0.149. The van der Waals surface area contributed by atoms with Gasteiger partial charge in [-0.3, -0.25) is 4.79 Å². The summed E-state index contributed by atoms with van der Waals surface area (Å²) in [5.41, 5.74) is 0. The second-order valence-corrected chi connectivity index (χ2v) is 4.03. The molecule has 13 heavy (non-hydrogen) atoms. The molecule has 1 fully saturated rings. The predicted octanol–water partition coefficient (Wildman–Crippen LogP) is 2.91. The van der Waals surface area contributed by atoms with E-state index in [9.17, 15) is 4.79 Å². The van der Waals surface area contributed by atoms with Crippen LogP contribution >= 0.6 is 0 Å². The van der Waals surface area contributed by atoms with Crippen molar-refractivity contribution < 1.29 is 9.53 Å². The average Bonchev–Trinajstić information content (AvgIpc) is 2.88. The minimum atomic E-state index is 0.0126. The second kappa shape index (κ2) is 5.25. The van der Waals surface area contributed by atoms with Crippen molar-refractivity contribution in [3.8, 4) is 0 Å². The van der Waals surface area contributed by atoms with Crippen molar-refractivity contribution in [3.05, 3.63) is 0 Å². The molecule has 1 rings (SSSR count). The molecule has 0 aromatic heterocycles. The third kappa shape index (κ3) is 4.30. The minimum Gasteiger partial charge on any atom is -0.462 e. The first kappa shape index (κ1) is 10.6. The smallest absolute Gasteiger partial charge is 0.308 e. The van der Waals surface area contributed by atoms with Gasteiger partial charge in [0, 0.05) is 0 Å². The molecule has 0 N–H and O–H groups in total. The highest BCUT2D eigenvalue weighted by atomic mass is 16.5. The Labute approximate surface area is 80.7 Å². The molecule has 1 aliphatic rings. The largest absolute Gasteiger partial charge is 0.462 e. The summed E-state index contributed by atoms with van der Waals surface area (Å²) in [6, 6.07) is 0. The third-order valence-corrected chi connectivity index (χ3v) is 2.45. The molecule has 0 spiro atoms. The van der Waals surface area contributed by atoms with Crippen LogP contribution in [-0.2, 0) is 9.53 Å². The zero-order valence-electron chi connectivity index (χ0n) is 8.71. The summed E-state index contributed by atoms with van der Waals surface area (Å²) in [6.45, 7) is 4.15. The molecule has 1 unspecified atom stereocenters. The summed E-state index contributed by atoms with van der Waals surface area (Å²) < 4.78 is 5.21. The van der Waals surface area contributed by atoms with Gasteiger partial charge in [0.2, 0.25) is 0 Å². The number of hydrogen-bond donors (Lipinski definition) is 0. The first-order valence-corrected chi connectivity index (χ1v) is 5.44. The molecular weight excluding hydrogens is 164 g/mol. The molecule has 0 aliphatic heterocycles. The van der Waals surface area contributed by atoms with Crippen LogP contribution in [0, 0.1) is 5.92 Å². The van der Waals surface area contributed by atoms with E-state index < -0.39 is 0 Å². The fourth-order valence-electron chi connectivity index (χ4n) is 1.28. The highest BCUT2D eigenvalue weighted by Gasteiger charge is 2.27. The molecule has 0 aromatic carbocycles. The highest BCUT2D eigenvalue weighted by molar-refractivity contribution is 5.72. The summed E-state index contributed by atoms with van der Waals surface area (Å²) in [5, 5.41) is 0. The molecule has 0 bridgehead atoms. The Balaban J connectivity index is 2.05. The van der Waals surface area contributed by atoms with Crippen LogP contribution in [0.15, 0.2) is 0 Å². The molecule has 0 heterocycles. The molecule has 1 aliphatic carbocycles. The third-order valence-electron chi connectivity index (χ3n) is 2.45. The van der Waals surface area contributed by atoms with E-state index in [2.05, 4.69) is 6.92 Å². The number of ether oxygens (including phenoxy) is 1. The predicted molar refractivity (Wildman–Crippen MR) is 52.4 cm³/mol. The first-order valence-electron chi connectivity index (χ1n) is 5.44.